The van der Waals surface area contributed by atoms with Gasteiger partial charge in [-0.1, -0.05) is 12.1 Å². The van der Waals surface area contributed by atoms with Crippen molar-refractivity contribution in [2.45, 2.75) is 25.1 Å². The van der Waals surface area contributed by atoms with E-state index < -0.39 is 16.7 Å². The summed E-state index contributed by atoms with van der Waals surface area (Å²) in [5.41, 5.74) is 5.84. The maximum absolute atomic E-state index is 12.8. The van der Waals surface area contributed by atoms with Crippen molar-refractivity contribution in [3.05, 3.63) is 51.7 Å². The number of hydrogen-bond acceptors (Lipinski definition) is 3. The fourth-order valence-electron chi connectivity index (χ4n) is 1.78. The molecule has 2 nitrogen and oxygen atoms in total. The maximum atomic E-state index is 12.8. The molecule has 1 aromatic carbocycles. The second kappa shape index (κ2) is 5.14. The molecule has 0 aliphatic carbocycles. The maximum Gasteiger partial charge on any atom is 0.443 e. The molecule has 1 heterocycles. The van der Waals surface area contributed by atoms with Crippen LogP contribution in [0.3, 0.4) is 0 Å². The van der Waals surface area contributed by atoms with Gasteiger partial charge in [-0.05, 0) is 31.0 Å². The number of aromatic nitrogens is 1. The van der Waals surface area contributed by atoms with Crippen molar-refractivity contribution in [2.24, 2.45) is 5.73 Å². The van der Waals surface area contributed by atoms with Crippen LogP contribution in [-0.2, 0) is 18.1 Å². The van der Waals surface area contributed by atoms with Crippen LogP contribution in [0.1, 0.15) is 22.4 Å². The summed E-state index contributed by atoms with van der Waals surface area (Å²) in [6.07, 6.45) is -3.02. The predicted octanol–water partition coefficient (Wildman–Crippen LogP) is 3.72. The van der Waals surface area contributed by atoms with Gasteiger partial charge in [-0.25, -0.2) is 9.37 Å². The van der Waals surface area contributed by atoms with Crippen LogP contribution in [0, 0.1) is 5.82 Å². The van der Waals surface area contributed by atoms with Crippen LogP contribution in [0.25, 0.3) is 0 Å². The third kappa shape index (κ3) is 3.34. The van der Waals surface area contributed by atoms with E-state index in [1.165, 1.54) is 12.1 Å². The first-order valence-electron chi connectivity index (χ1n) is 5.75. The molecule has 0 aliphatic rings. The Labute approximate surface area is 117 Å². The molecular weight excluding hydrogens is 292 g/mol. The number of nitrogens with two attached hydrogens (primary N) is 1. The third-order valence-electron chi connectivity index (χ3n) is 2.80. The average Bonchev–Trinajstić information content (AvgIpc) is 2.82. The van der Waals surface area contributed by atoms with Crippen LogP contribution in [-0.4, -0.2) is 4.98 Å². The highest BCUT2D eigenvalue weighted by Gasteiger charge is 2.36. The topological polar surface area (TPSA) is 38.9 Å². The summed E-state index contributed by atoms with van der Waals surface area (Å²) in [6.45, 7) is 1.63. The van der Waals surface area contributed by atoms with Crippen molar-refractivity contribution in [3.63, 3.8) is 0 Å². The zero-order valence-electron chi connectivity index (χ0n) is 10.5. The summed E-state index contributed by atoms with van der Waals surface area (Å²) >= 11 is 0.534. The first-order valence-corrected chi connectivity index (χ1v) is 6.57. The van der Waals surface area contributed by atoms with E-state index in [1.54, 1.807) is 19.1 Å². The summed E-state index contributed by atoms with van der Waals surface area (Å²) in [5, 5.41) is -0.914. The number of hydrogen-bond donors (Lipinski definition) is 1. The minimum atomic E-state index is -4.46. The lowest BCUT2D eigenvalue weighted by molar-refractivity contribution is -0.137. The molecule has 0 radical (unpaired) electrons. The minimum Gasteiger partial charge on any atom is -0.321 e. The lowest BCUT2D eigenvalue weighted by Gasteiger charge is -2.22. The molecule has 1 unspecified atom stereocenters. The van der Waals surface area contributed by atoms with Crippen LogP contribution in [0.15, 0.2) is 30.5 Å². The number of nitrogens with zero attached hydrogens (tertiary/aromatic N) is 1. The molecule has 20 heavy (non-hydrogen) atoms. The smallest absolute Gasteiger partial charge is 0.321 e. The SMILES string of the molecule is CC(N)(Cc1ccc(F)cc1)c1cnc(C(F)(F)F)s1. The highest BCUT2D eigenvalue weighted by molar-refractivity contribution is 7.11. The van der Waals surface area contributed by atoms with Crippen LogP contribution in [0.4, 0.5) is 17.6 Å². The molecule has 2 N–H and O–H groups in total. The van der Waals surface area contributed by atoms with Gasteiger partial charge >= 0.3 is 6.18 Å². The quantitative estimate of drug-likeness (QED) is 0.878. The molecule has 1 aromatic heterocycles. The van der Waals surface area contributed by atoms with Crippen LogP contribution < -0.4 is 5.73 Å². The zero-order valence-corrected chi connectivity index (χ0v) is 11.4. The van der Waals surface area contributed by atoms with Gasteiger partial charge < -0.3 is 5.73 Å². The molecular formula is C13H12F4N2S. The number of alkyl halides is 3. The van der Waals surface area contributed by atoms with E-state index in [-0.39, 0.29) is 5.82 Å². The zero-order chi connectivity index (χ0) is 15.0. The van der Waals surface area contributed by atoms with Crippen molar-refractivity contribution >= 4 is 11.3 Å². The lowest BCUT2D eigenvalue weighted by Crippen LogP contribution is -2.34. The van der Waals surface area contributed by atoms with E-state index in [2.05, 4.69) is 4.98 Å². The Morgan fingerprint density at radius 3 is 2.30 bits per heavy atom. The van der Waals surface area contributed by atoms with Gasteiger partial charge in [0.15, 0.2) is 5.01 Å². The number of thiazole rings is 1. The lowest BCUT2D eigenvalue weighted by atomic mass is 9.93. The van der Waals surface area contributed by atoms with Gasteiger partial charge in [0.2, 0.25) is 0 Å². The van der Waals surface area contributed by atoms with Crippen molar-refractivity contribution < 1.29 is 17.6 Å². The fourth-order valence-corrected chi connectivity index (χ4v) is 2.62. The minimum absolute atomic E-state index is 0.298. The highest BCUT2D eigenvalue weighted by Crippen LogP contribution is 2.36. The average molecular weight is 304 g/mol. The summed E-state index contributed by atoms with van der Waals surface area (Å²) in [4.78, 5) is 3.70. The largest absolute Gasteiger partial charge is 0.443 e. The number of halogens is 4. The monoisotopic (exact) mass is 304 g/mol. The normalized spacial score (nSPS) is 15.1. The molecule has 0 saturated carbocycles. The van der Waals surface area contributed by atoms with Gasteiger partial charge in [0, 0.05) is 11.1 Å². The molecule has 0 amide bonds. The molecule has 7 heteroatoms. The molecule has 0 aliphatic heterocycles. The summed E-state index contributed by atoms with van der Waals surface area (Å²) in [5.74, 6) is -0.371. The van der Waals surface area contributed by atoms with E-state index >= 15 is 0 Å². The first-order chi connectivity index (χ1) is 9.18. The Balaban J connectivity index is 2.21. The standard InChI is InChI=1S/C13H12F4N2S/c1-12(18,6-8-2-4-9(14)5-3-8)10-7-19-11(20-10)13(15,16)17/h2-5,7H,6,18H2,1H3. The molecule has 108 valence electrons. The van der Waals surface area contributed by atoms with Crippen LogP contribution in [0.2, 0.25) is 0 Å². The molecule has 0 bridgehead atoms. The van der Waals surface area contributed by atoms with E-state index in [0.29, 0.717) is 22.6 Å². The highest BCUT2D eigenvalue weighted by atomic mass is 32.1. The van der Waals surface area contributed by atoms with E-state index in [0.717, 1.165) is 11.8 Å². The predicted molar refractivity (Wildman–Crippen MR) is 68.8 cm³/mol. The Morgan fingerprint density at radius 2 is 1.80 bits per heavy atom. The molecule has 1 atom stereocenters. The van der Waals surface area contributed by atoms with Crippen LogP contribution in [0.5, 0.6) is 0 Å². The summed E-state index contributed by atoms with van der Waals surface area (Å²) in [6, 6.07) is 5.71. The Morgan fingerprint density at radius 1 is 1.20 bits per heavy atom. The van der Waals surface area contributed by atoms with Crippen molar-refractivity contribution in [2.75, 3.05) is 0 Å². The Hall–Kier alpha value is -1.47. The number of benzene rings is 1. The summed E-state index contributed by atoms with van der Waals surface area (Å²) in [7, 11) is 0. The van der Waals surface area contributed by atoms with Crippen molar-refractivity contribution in [1.29, 1.82) is 0 Å². The van der Waals surface area contributed by atoms with Gasteiger partial charge in [-0.3, -0.25) is 0 Å². The van der Waals surface area contributed by atoms with Gasteiger partial charge in [0.25, 0.3) is 0 Å². The van der Waals surface area contributed by atoms with Crippen molar-refractivity contribution in [1.82, 2.24) is 4.98 Å². The van der Waals surface area contributed by atoms with Gasteiger partial charge in [-0.15, -0.1) is 11.3 Å². The Kier molecular flexibility index (Phi) is 3.84. The fraction of sp³-hybridized carbons (Fsp3) is 0.308. The molecule has 2 rings (SSSR count). The van der Waals surface area contributed by atoms with Crippen molar-refractivity contribution in [3.8, 4) is 0 Å². The molecule has 2 aromatic rings. The van der Waals surface area contributed by atoms with E-state index in [4.69, 9.17) is 5.73 Å². The number of rotatable bonds is 3. The van der Waals surface area contributed by atoms with Gasteiger partial charge in [0.1, 0.15) is 5.82 Å². The van der Waals surface area contributed by atoms with E-state index in [9.17, 15) is 17.6 Å². The Bertz CT molecular complexity index is 587. The van der Waals surface area contributed by atoms with E-state index in [1.807, 2.05) is 0 Å². The van der Waals surface area contributed by atoms with Gasteiger partial charge in [-0.2, -0.15) is 13.2 Å². The second-order valence-electron chi connectivity index (χ2n) is 4.75. The third-order valence-corrected chi connectivity index (χ3v) is 4.12. The molecule has 0 spiro atoms. The molecule has 0 saturated heterocycles. The molecule has 0 fully saturated rings. The van der Waals surface area contributed by atoms with Crippen LogP contribution >= 0.6 is 11.3 Å². The first kappa shape index (κ1) is 14.9. The summed E-state index contributed by atoms with van der Waals surface area (Å²) < 4.78 is 50.4. The van der Waals surface area contributed by atoms with Gasteiger partial charge in [0.05, 0.1) is 5.54 Å². The second-order valence-corrected chi connectivity index (χ2v) is 5.78.